The number of pyridine rings is 1. The molecule has 168 valence electrons. The second-order valence-corrected chi connectivity index (χ2v) is 10.2. The fourth-order valence-corrected chi connectivity index (χ4v) is 4.08. The van der Waals surface area contributed by atoms with Crippen molar-refractivity contribution >= 4 is 40.8 Å². The second-order valence-electron chi connectivity index (χ2n) is 9.78. The number of amides is 2. The zero-order chi connectivity index (χ0) is 23.3. The van der Waals surface area contributed by atoms with Gasteiger partial charge in [0, 0.05) is 47.5 Å². The molecule has 0 atom stereocenters. The summed E-state index contributed by atoms with van der Waals surface area (Å²) in [5.74, 6) is 0.555. The lowest BCUT2D eigenvalue weighted by Crippen LogP contribution is -2.62. The zero-order valence-electron chi connectivity index (χ0n) is 19.0. The highest BCUT2D eigenvalue weighted by Gasteiger charge is 2.48. The topological polar surface area (TPSA) is 83.9 Å². The largest absolute Gasteiger partial charge is 0.444 e. The summed E-state index contributed by atoms with van der Waals surface area (Å²) in [6.07, 6.45) is 2.03. The van der Waals surface area contributed by atoms with Crippen molar-refractivity contribution in [3.05, 3.63) is 52.2 Å². The van der Waals surface area contributed by atoms with E-state index >= 15 is 0 Å². The van der Waals surface area contributed by atoms with Gasteiger partial charge < -0.3 is 15.0 Å². The number of fused-ring (bicyclic) bond motifs is 1. The zero-order valence-corrected chi connectivity index (χ0v) is 19.7. The van der Waals surface area contributed by atoms with Crippen LogP contribution in [-0.2, 0) is 16.0 Å². The van der Waals surface area contributed by atoms with Crippen molar-refractivity contribution in [1.82, 2.24) is 9.88 Å². The monoisotopic (exact) mass is 454 g/mol. The van der Waals surface area contributed by atoms with Crippen molar-refractivity contribution < 1.29 is 14.3 Å². The van der Waals surface area contributed by atoms with Gasteiger partial charge in [0.1, 0.15) is 5.60 Å². The summed E-state index contributed by atoms with van der Waals surface area (Å²) in [7, 11) is 0. The number of carbonyl (C=O) groups excluding carboxylic acids is 2. The molecular formula is C24H27ClN4O3. The summed E-state index contributed by atoms with van der Waals surface area (Å²) >= 11 is 6.45. The minimum atomic E-state index is -0.681. The molecule has 1 fully saturated rings. The predicted molar refractivity (Wildman–Crippen MR) is 125 cm³/mol. The number of ether oxygens (including phenoxy) is 1. The third kappa shape index (κ3) is 4.48. The van der Waals surface area contributed by atoms with Crippen LogP contribution in [0.1, 0.15) is 44.4 Å². The van der Waals surface area contributed by atoms with Crippen LogP contribution in [0.5, 0.6) is 0 Å². The van der Waals surface area contributed by atoms with E-state index in [-0.39, 0.29) is 5.91 Å². The highest BCUT2D eigenvalue weighted by molar-refractivity contribution is 6.34. The van der Waals surface area contributed by atoms with Crippen molar-refractivity contribution in [2.24, 2.45) is 10.4 Å². The molecule has 0 saturated carbocycles. The molecule has 2 aliphatic heterocycles. The number of halogens is 1. The van der Waals surface area contributed by atoms with Gasteiger partial charge >= 0.3 is 6.09 Å². The molecule has 8 heteroatoms. The highest BCUT2D eigenvalue weighted by Crippen LogP contribution is 2.34. The Labute approximate surface area is 192 Å². The number of aliphatic imine (C=N–C) groups is 1. The SMILES string of the molecule is Cc1cnc2c(c1)CC(c1cc(NC(=O)C3(C)CN(C(=O)OC(C)(C)C)C3)ccc1Cl)=N2. The van der Waals surface area contributed by atoms with Crippen LogP contribution in [0.25, 0.3) is 0 Å². The molecule has 1 N–H and O–H groups in total. The minimum Gasteiger partial charge on any atom is -0.444 e. The number of hydrogen-bond acceptors (Lipinski definition) is 5. The molecular weight excluding hydrogens is 428 g/mol. The average molecular weight is 455 g/mol. The van der Waals surface area contributed by atoms with E-state index in [1.165, 1.54) is 4.90 Å². The standard InChI is InChI=1S/C24H27ClN4O3/c1-14-8-15-9-19(28-20(15)26-11-14)17-10-16(6-7-18(17)25)27-21(30)24(5)12-29(13-24)22(31)32-23(2,3)4/h6-8,10-11H,9,12-13H2,1-5H3,(H,27,30). The number of nitrogens with one attached hydrogen (secondary N) is 1. The van der Waals surface area contributed by atoms with Gasteiger partial charge in [0.2, 0.25) is 5.91 Å². The van der Waals surface area contributed by atoms with Gasteiger partial charge in [-0.1, -0.05) is 17.7 Å². The summed E-state index contributed by atoms with van der Waals surface area (Å²) in [6.45, 7) is 9.91. The number of likely N-dealkylation sites (tertiary alicyclic amines) is 1. The first-order chi connectivity index (χ1) is 14.9. The Morgan fingerprint density at radius 2 is 1.94 bits per heavy atom. The second kappa shape index (κ2) is 7.89. The van der Waals surface area contributed by atoms with Crippen LogP contribution in [0.15, 0.2) is 35.5 Å². The van der Waals surface area contributed by atoms with Gasteiger partial charge in [-0.15, -0.1) is 0 Å². The van der Waals surface area contributed by atoms with Gasteiger partial charge in [0.05, 0.1) is 11.1 Å². The lowest BCUT2D eigenvalue weighted by Gasteiger charge is -2.46. The molecule has 1 aromatic carbocycles. The van der Waals surface area contributed by atoms with Crippen molar-refractivity contribution in [2.45, 2.75) is 46.6 Å². The minimum absolute atomic E-state index is 0.153. The first-order valence-electron chi connectivity index (χ1n) is 10.6. The smallest absolute Gasteiger partial charge is 0.410 e. The fraction of sp³-hybridized carbons (Fsp3) is 0.417. The van der Waals surface area contributed by atoms with Crippen molar-refractivity contribution in [1.29, 1.82) is 0 Å². The van der Waals surface area contributed by atoms with Crippen LogP contribution in [0.3, 0.4) is 0 Å². The Morgan fingerprint density at radius 3 is 2.62 bits per heavy atom. The molecule has 32 heavy (non-hydrogen) atoms. The van der Waals surface area contributed by atoms with Gasteiger partial charge in [0.15, 0.2) is 5.82 Å². The summed E-state index contributed by atoms with van der Waals surface area (Å²) in [6, 6.07) is 7.44. The first kappa shape index (κ1) is 22.3. The highest BCUT2D eigenvalue weighted by atomic mass is 35.5. The predicted octanol–water partition coefficient (Wildman–Crippen LogP) is 4.92. The lowest BCUT2D eigenvalue weighted by atomic mass is 9.81. The molecule has 2 amide bonds. The van der Waals surface area contributed by atoms with Gasteiger partial charge in [-0.2, -0.15) is 0 Å². The van der Waals surface area contributed by atoms with Gasteiger partial charge in [-0.25, -0.2) is 14.8 Å². The number of anilines is 1. The number of carbonyl (C=O) groups is 2. The molecule has 3 heterocycles. The van der Waals surface area contributed by atoms with E-state index in [4.69, 9.17) is 16.3 Å². The molecule has 0 spiro atoms. The number of rotatable bonds is 3. The molecule has 1 aromatic heterocycles. The van der Waals surface area contributed by atoms with E-state index in [1.807, 2.05) is 40.7 Å². The third-order valence-electron chi connectivity index (χ3n) is 5.49. The molecule has 0 bridgehead atoms. The summed E-state index contributed by atoms with van der Waals surface area (Å²) in [4.78, 5) is 35.7. The van der Waals surface area contributed by atoms with Gasteiger partial charge in [-0.3, -0.25) is 4.79 Å². The summed E-state index contributed by atoms with van der Waals surface area (Å²) in [5.41, 5.74) is 3.13. The molecule has 4 rings (SSSR count). The van der Waals surface area contributed by atoms with Crippen molar-refractivity contribution in [3.63, 3.8) is 0 Å². The quantitative estimate of drug-likeness (QED) is 0.713. The fourth-order valence-electron chi connectivity index (χ4n) is 3.86. The molecule has 0 aliphatic carbocycles. The Balaban J connectivity index is 1.44. The Hall–Kier alpha value is -2.93. The number of nitrogens with zero attached hydrogens (tertiary/aromatic N) is 3. The molecule has 1 saturated heterocycles. The van der Waals surface area contributed by atoms with E-state index in [1.54, 1.807) is 18.3 Å². The Bertz CT molecular complexity index is 1130. The van der Waals surface area contributed by atoms with E-state index in [0.29, 0.717) is 36.0 Å². The van der Waals surface area contributed by atoms with Crippen LogP contribution < -0.4 is 5.32 Å². The van der Waals surface area contributed by atoms with Crippen LogP contribution in [0, 0.1) is 12.3 Å². The molecule has 0 unspecified atom stereocenters. The first-order valence-corrected chi connectivity index (χ1v) is 10.9. The summed E-state index contributed by atoms with van der Waals surface area (Å²) in [5, 5.41) is 3.53. The number of aromatic nitrogens is 1. The normalized spacial score (nSPS) is 16.7. The Morgan fingerprint density at radius 1 is 1.22 bits per heavy atom. The van der Waals surface area contributed by atoms with Crippen molar-refractivity contribution in [3.8, 4) is 0 Å². The van der Waals surface area contributed by atoms with Crippen LogP contribution in [0.2, 0.25) is 5.02 Å². The number of benzene rings is 1. The number of hydrogen-bond donors (Lipinski definition) is 1. The van der Waals surface area contributed by atoms with Crippen molar-refractivity contribution in [2.75, 3.05) is 18.4 Å². The van der Waals surface area contributed by atoms with Gasteiger partial charge in [-0.05, 0) is 58.4 Å². The third-order valence-corrected chi connectivity index (χ3v) is 5.82. The van der Waals surface area contributed by atoms with E-state index in [2.05, 4.69) is 21.4 Å². The molecule has 2 aliphatic rings. The maximum absolute atomic E-state index is 12.9. The Kier molecular flexibility index (Phi) is 5.49. The maximum Gasteiger partial charge on any atom is 0.410 e. The van der Waals surface area contributed by atoms with Crippen LogP contribution in [0.4, 0.5) is 16.3 Å². The van der Waals surface area contributed by atoms with E-state index < -0.39 is 17.1 Å². The molecule has 0 radical (unpaired) electrons. The average Bonchev–Trinajstić information content (AvgIpc) is 3.08. The van der Waals surface area contributed by atoms with Crippen LogP contribution in [-0.4, -0.2) is 46.3 Å². The molecule has 2 aromatic rings. The lowest BCUT2D eigenvalue weighted by molar-refractivity contribution is -0.133. The van der Waals surface area contributed by atoms with Gasteiger partial charge in [0.25, 0.3) is 0 Å². The number of aryl methyl sites for hydroxylation is 1. The maximum atomic E-state index is 12.9. The molecule has 7 nitrogen and oxygen atoms in total. The van der Waals surface area contributed by atoms with Crippen LogP contribution >= 0.6 is 11.6 Å². The summed E-state index contributed by atoms with van der Waals surface area (Å²) < 4.78 is 5.38. The van der Waals surface area contributed by atoms with E-state index in [0.717, 1.165) is 22.4 Å². The van der Waals surface area contributed by atoms with E-state index in [9.17, 15) is 9.59 Å².